The van der Waals surface area contributed by atoms with Crippen LogP contribution in [0.2, 0.25) is 0 Å². The molecule has 0 radical (unpaired) electrons. The van der Waals surface area contributed by atoms with E-state index < -0.39 is 5.97 Å². The lowest BCUT2D eigenvalue weighted by Gasteiger charge is -1.99. The molecule has 0 aliphatic carbocycles. The first kappa shape index (κ1) is 13.1. The summed E-state index contributed by atoms with van der Waals surface area (Å²) in [6.07, 6.45) is 0. The lowest BCUT2D eigenvalue weighted by Crippen LogP contribution is -2.11. The minimum atomic E-state index is -0.869. The van der Waals surface area contributed by atoms with Crippen LogP contribution < -0.4 is 5.56 Å². The highest BCUT2D eigenvalue weighted by Crippen LogP contribution is 2.26. The van der Waals surface area contributed by atoms with Gasteiger partial charge in [0.05, 0.1) is 16.9 Å². The number of thioether (sulfide) groups is 1. The Morgan fingerprint density at radius 3 is 2.89 bits per heavy atom. The fourth-order valence-electron chi connectivity index (χ4n) is 1.60. The monoisotopic (exact) mass is 284 g/mol. The number of aryl methyl sites for hydroxylation is 2. The molecule has 0 unspecified atom stereocenters. The highest BCUT2D eigenvalue weighted by Gasteiger charge is 2.11. The van der Waals surface area contributed by atoms with Gasteiger partial charge in [-0.3, -0.25) is 9.59 Å². The quantitative estimate of drug-likeness (QED) is 0.896. The van der Waals surface area contributed by atoms with Crippen LogP contribution in [0, 0.1) is 13.8 Å². The minimum Gasteiger partial charge on any atom is -0.481 e. The van der Waals surface area contributed by atoms with E-state index >= 15 is 0 Å². The minimum absolute atomic E-state index is 0.00421. The highest BCUT2D eigenvalue weighted by molar-refractivity contribution is 7.99. The number of thiophene rings is 1. The molecule has 96 valence electrons. The molecule has 0 amide bonds. The molecule has 0 saturated heterocycles. The summed E-state index contributed by atoms with van der Waals surface area (Å²) in [5.74, 6) is 0.0591. The predicted molar refractivity (Wildman–Crippen MR) is 73.5 cm³/mol. The number of hydrogen-bond donors (Lipinski definition) is 2. The number of rotatable bonds is 4. The second-order valence-corrected chi connectivity index (χ2v) is 6.05. The van der Waals surface area contributed by atoms with E-state index in [9.17, 15) is 9.59 Å². The largest absolute Gasteiger partial charge is 0.481 e. The van der Waals surface area contributed by atoms with Gasteiger partial charge in [0.1, 0.15) is 10.7 Å². The number of fused-ring (bicyclic) bond motifs is 1. The van der Waals surface area contributed by atoms with Crippen molar-refractivity contribution in [2.24, 2.45) is 0 Å². The summed E-state index contributed by atoms with van der Waals surface area (Å²) in [5.41, 5.74) is 0.821. The number of carbonyl (C=O) groups is 1. The van der Waals surface area contributed by atoms with E-state index in [4.69, 9.17) is 5.11 Å². The van der Waals surface area contributed by atoms with Gasteiger partial charge in [0.15, 0.2) is 0 Å². The number of H-pyrrole nitrogens is 1. The number of carboxylic acid groups (broad SMARTS) is 1. The van der Waals surface area contributed by atoms with Crippen LogP contribution in [-0.2, 0) is 10.5 Å². The van der Waals surface area contributed by atoms with E-state index in [1.807, 2.05) is 13.8 Å². The standard InChI is InChI=1S/C11H12N2O3S2/c1-5-6(2)18-11-9(5)10(16)12-7(13-11)3-17-4-8(14)15/h3-4H2,1-2H3,(H,14,15)(H,12,13,16). The molecule has 2 N–H and O–H groups in total. The van der Waals surface area contributed by atoms with Gasteiger partial charge in [-0.1, -0.05) is 0 Å². The maximum Gasteiger partial charge on any atom is 0.313 e. The van der Waals surface area contributed by atoms with Gasteiger partial charge in [-0.15, -0.1) is 23.1 Å². The Bertz CT molecular complexity index is 660. The van der Waals surface area contributed by atoms with Crippen LogP contribution in [0.1, 0.15) is 16.3 Å². The molecule has 18 heavy (non-hydrogen) atoms. The molecule has 2 heterocycles. The van der Waals surface area contributed by atoms with Crippen LogP contribution in [0.25, 0.3) is 10.2 Å². The number of nitrogens with one attached hydrogen (secondary N) is 1. The molecule has 0 saturated carbocycles. The van der Waals surface area contributed by atoms with Gasteiger partial charge in [-0.05, 0) is 19.4 Å². The van der Waals surface area contributed by atoms with Gasteiger partial charge in [0, 0.05) is 4.88 Å². The Kier molecular flexibility index (Phi) is 3.72. The number of hydrogen-bond acceptors (Lipinski definition) is 5. The van der Waals surface area contributed by atoms with E-state index in [1.165, 1.54) is 23.1 Å². The molecule has 2 aromatic heterocycles. The summed E-state index contributed by atoms with van der Waals surface area (Å²) in [7, 11) is 0. The Labute approximate surface area is 111 Å². The number of aliphatic carboxylic acids is 1. The fourth-order valence-corrected chi connectivity index (χ4v) is 3.26. The van der Waals surface area contributed by atoms with Crippen molar-refractivity contribution in [3.63, 3.8) is 0 Å². The Morgan fingerprint density at radius 2 is 2.22 bits per heavy atom. The summed E-state index contributed by atoms with van der Waals surface area (Å²) in [5, 5.41) is 9.19. The zero-order valence-electron chi connectivity index (χ0n) is 9.94. The predicted octanol–water partition coefficient (Wildman–Crippen LogP) is 1.92. The summed E-state index contributed by atoms with van der Waals surface area (Å²) >= 11 is 2.71. The van der Waals surface area contributed by atoms with Gasteiger partial charge in [0.2, 0.25) is 0 Å². The van der Waals surface area contributed by atoms with Crippen molar-refractivity contribution in [2.75, 3.05) is 5.75 Å². The topological polar surface area (TPSA) is 83.0 Å². The second kappa shape index (κ2) is 5.11. The molecule has 0 spiro atoms. The van der Waals surface area contributed by atoms with Gasteiger partial charge >= 0.3 is 5.97 Å². The van der Waals surface area contributed by atoms with Crippen molar-refractivity contribution in [2.45, 2.75) is 19.6 Å². The van der Waals surface area contributed by atoms with Crippen molar-refractivity contribution in [1.29, 1.82) is 0 Å². The molecule has 0 bridgehead atoms. The van der Waals surface area contributed by atoms with Crippen LogP contribution in [0.3, 0.4) is 0 Å². The van der Waals surface area contributed by atoms with Gasteiger partial charge < -0.3 is 10.1 Å². The molecule has 0 aromatic carbocycles. The van der Waals surface area contributed by atoms with E-state index in [1.54, 1.807) is 0 Å². The van der Waals surface area contributed by atoms with Crippen LogP contribution >= 0.6 is 23.1 Å². The smallest absolute Gasteiger partial charge is 0.313 e. The Hall–Kier alpha value is -1.34. The normalized spacial score (nSPS) is 11.0. The summed E-state index contributed by atoms with van der Waals surface area (Å²) in [6.45, 7) is 3.86. The molecule has 7 heteroatoms. The number of carboxylic acids is 1. The van der Waals surface area contributed by atoms with Gasteiger partial charge in [-0.2, -0.15) is 0 Å². The molecular weight excluding hydrogens is 272 g/mol. The van der Waals surface area contributed by atoms with E-state index in [0.29, 0.717) is 17.0 Å². The maximum atomic E-state index is 11.9. The Balaban J connectivity index is 2.32. The first-order valence-corrected chi connectivity index (χ1v) is 7.24. The number of aromatic amines is 1. The molecular formula is C11H12N2O3S2. The number of nitrogens with zero attached hydrogens (tertiary/aromatic N) is 1. The third-order valence-electron chi connectivity index (χ3n) is 2.55. The van der Waals surface area contributed by atoms with Crippen LogP contribution in [0.5, 0.6) is 0 Å². The second-order valence-electron chi connectivity index (χ2n) is 3.86. The lowest BCUT2D eigenvalue weighted by atomic mass is 10.2. The third-order valence-corrected chi connectivity index (χ3v) is 4.58. The van der Waals surface area contributed by atoms with E-state index in [2.05, 4.69) is 9.97 Å². The van der Waals surface area contributed by atoms with Crippen molar-refractivity contribution in [1.82, 2.24) is 9.97 Å². The first-order chi connectivity index (χ1) is 8.49. The van der Waals surface area contributed by atoms with Crippen LogP contribution in [-0.4, -0.2) is 26.8 Å². The maximum absolute atomic E-state index is 11.9. The highest BCUT2D eigenvalue weighted by atomic mass is 32.2. The van der Waals surface area contributed by atoms with Crippen molar-refractivity contribution in [3.05, 3.63) is 26.6 Å². The molecule has 0 aliphatic heterocycles. The zero-order valence-corrected chi connectivity index (χ0v) is 11.6. The Morgan fingerprint density at radius 1 is 1.50 bits per heavy atom. The first-order valence-electron chi connectivity index (χ1n) is 5.27. The lowest BCUT2D eigenvalue weighted by molar-refractivity contribution is -0.133. The third kappa shape index (κ3) is 2.56. The van der Waals surface area contributed by atoms with E-state index in [-0.39, 0.29) is 11.3 Å². The molecule has 0 atom stereocenters. The van der Waals surface area contributed by atoms with Crippen molar-refractivity contribution in [3.8, 4) is 0 Å². The summed E-state index contributed by atoms with van der Waals surface area (Å²) < 4.78 is 0. The number of aromatic nitrogens is 2. The van der Waals surface area contributed by atoms with Gasteiger partial charge in [0.25, 0.3) is 5.56 Å². The summed E-state index contributed by atoms with van der Waals surface area (Å²) in [4.78, 5) is 31.2. The zero-order chi connectivity index (χ0) is 13.3. The van der Waals surface area contributed by atoms with Crippen molar-refractivity contribution < 1.29 is 9.90 Å². The molecule has 0 aliphatic rings. The van der Waals surface area contributed by atoms with Gasteiger partial charge in [-0.25, -0.2) is 4.98 Å². The van der Waals surface area contributed by atoms with Crippen LogP contribution in [0.15, 0.2) is 4.79 Å². The summed E-state index contributed by atoms with van der Waals surface area (Å²) in [6, 6.07) is 0. The average molecular weight is 284 g/mol. The molecule has 2 aromatic rings. The molecule has 0 fully saturated rings. The van der Waals surface area contributed by atoms with Crippen LogP contribution in [0.4, 0.5) is 0 Å². The average Bonchev–Trinajstić information content (AvgIpc) is 2.54. The molecule has 5 nitrogen and oxygen atoms in total. The van der Waals surface area contributed by atoms with E-state index in [0.717, 1.165) is 15.3 Å². The molecule has 2 rings (SSSR count). The SMILES string of the molecule is Cc1sc2nc(CSCC(=O)O)[nH]c(=O)c2c1C. The van der Waals surface area contributed by atoms with Crippen molar-refractivity contribution >= 4 is 39.3 Å². The fraction of sp³-hybridized carbons (Fsp3) is 0.364.